The van der Waals surface area contributed by atoms with E-state index in [-0.39, 0.29) is 11.4 Å². The molecule has 0 atom stereocenters. The Kier molecular flexibility index (Phi) is 7.95. The molecule has 0 aromatic heterocycles. The lowest BCUT2D eigenvalue weighted by Crippen LogP contribution is -2.36. The predicted octanol–water partition coefficient (Wildman–Crippen LogP) is 4.94. The summed E-state index contributed by atoms with van der Waals surface area (Å²) in [4.78, 5) is 38.9. The van der Waals surface area contributed by atoms with Gasteiger partial charge in [0.2, 0.25) is 5.91 Å². The van der Waals surface area contributed by atoms with Crippen LogP contribution >= 0.6 is 11.8 Å². The van der Waals surface area contributed by atoms with E-state index in [9.17, 15) is 14.4 Å². The monoisotopic (exact) mass is 466 g/mol. The number of benzene rings is 2. The molecule has 8 heteroatoms. The van der Waals surface area contributed by atoms with Crippen LogP contribution in [0, 0.1) is 13.8 Å². The first-order valence-corrected chi connectivity index (χ1v) is 11.3. The van der Waals surface area contributed by atoms with Crippen LogP contribution in [0.4, 0.5) is 10.5 Å². The minimum atomic E-state index is -0.509. The van der Waals surface area contributed by atoms with Crippen molar-refractivity contribution < 1.29 is 23.9 Å². The predicted molar refractivity (Wildman–Crippen MR) is 131 cm³/mol. The van der Waals surface area contributed by atoms with Gasteiger partial charge in [0.05, 0.1) is 11.5 Å². The smallest absolute Gasteiger partial charge is 0.294 e. The molecule has 3 amide bonds. The molecule has 0 radical (unpaired) electrons. The molecular formula is C25H26N2O5S. The number of nitrogens with one attached hydrogen (secondary N) is 1. The lowest BCUT2D eigenvalue weighted by Gasteiger charge is -2.14. The summed E-state index contributed by atoms with van der Waals surface area (Å²) in [6, 6.07) is 10.9. The topological polar surface area (TPSA) is 84.9 Å². The second kappa shape index (κ2) is 10.9. The molecule has 2 aromatic rings. The van der Waals surface area contributed by atoms with Gasteiger partial charge in [-0.3, -0.25) is 19.3 Å². The first kappa shape index (κ1) is 24.1. The average Bonchev–Trinajstić information content (AvgIpc) is 3.02. The maximum Gasteiger partial charge on any atom is 0.294 e. The minimum Gasteiger partial charge on any atom is -0.490 e. The van der Waals surface area contributed by atoms with Gasteiger partial charge in [-0.25, -0.2) is 0 Å². The van der Waals surface area contributed by atoms with Crippen molar-refractivity contribution in [2.75, 3.05) is 25.1 Å². The quantitative estimate of drug-likeness (QED) is 0.416. The van der Waals surface area contributed by atoms with E-state index >= 15 is 0 Å². The molecule has 1 saturated heterocycles. The van der Waals surface area contributed by atoms with E-state index in [1.54, 1.807) is 36.4 Å². The SMILES string of the molecule is C=CCOc1ccc(/C=C2/SC(=O)N(CC(=O)Nc3ccc(C)cc3C)C2=O)cc1OCC. The Balaban J connectivity index is 1.73. The van der Waals surface area contributed by atoms with Crippen molar-refractivity contribution in [2.45, 2.75) is 20.8 Å². The molecule has 1 aliphatic heterocycles. The van der Waals surface area contributed by atoms with Crippen LogP contribution in [0.25, 0.3) is 6.08 Å². The molecular weight excluding hydrogens is 440 g/mol. The Morgan fingerprint density at radius 3 is 2.61 bits per heavy atom. The van der Waals surface area contributed by atoms with Crippen LogP contribution < -0.4 is 14.8 Å². The van der Waals surface area contributed by atoms with Crippen LogP contribution in [0.15, 0.2) is 54.0 Å². The van der Waals surface area contributed by atoms with E-state index in [1.165, 1.54) is 0 Å². The van der Waals surface area contributed by atoms with Crippen LogP contribution in [0.2, 0.25) is 0 Å². The maximum atomic E-state index is 12.8. The molecule has 7 nitrogen and oxygen atoms in total. The third-order valence-electron chi connectivity index (χ3n) is 4.75. The summed E-state index contributed by atoms with van der Waals surface area (Å²) in [5, 5.41) is 2.28. The van der Waals surface area contributed by atoms with Crippen LogP contribution in [-0.2, 0) is 9.59 Å². The fourth-order valence-corrected chi connectivity index (χ4v) is 4.06. The molecule has 1 N–H and O–H groups in total. The van der Waals surface area contributed by atoms with Crippen molar-refractivity contribution in [3.05, 3.63) is 70.6 Å². The van der Waals surface area contributed by atoms with Gasteiger partial charge in [-0.15, -0.1) is 0 Å². The van der Waals surface area contributed by atoms with Crippen molar-refractivity contribution in [3.8, 4) is 11.5 Å². The number of hydrogen-bond donors (Lipinski definition) is 1. The van der Waals surface area contributed by atoms with Gasteiger partial charge in [0.15, 0.2) is 11.5 Å². The Morgan fingerprint density at radius 2 is 1.91 bits per heavy atom. The summed E-state index contributed by atoms with van der Waals surface area (Å²) in [6.45, 7) is 9.76. The minimum absolute atomic E-state index is 0.238. The number of rotatable bonds is 9. The van der Waals surface area contributed by atoms with E-state index in [0.29, 0.717) is 36.0 Å². The molecule has 0 unspecified atom stereocenters. The molecule has 172 valence electrons. The highest BCUT2D eigenvalue weighted by Crippen LogP contribution is 2.34. The number of ether oxygens (including phenoxy) is 2. The molecule has 33 heavy (non-hydrogen) atoms. The highest BCUT2D eigenvalue weighted by Gasteiger charge is 2.36. The van der Waals surface area contributed by atoms with E-state index in [4.69, 9.17) is 9.47 Å². The molecule has 1 aliphatic rings. The number of hydrogen-bond acceptors (Lipinski definition) is 6. The summed E-state index contributed by atoms with van der Waals surface area (Å²) in [5.74, 6) is 0.142. The molecule has 0 spiro atoms. The van der Waals surface area contributed by atoms with E-state index in [1.807, 2.05) is 32.9 Å². The maximum absolute atomic E-state index is 12.8. The summed E-state index contributed by atoms with van der Waals surface area (Å²) < 4.78 is 11.2. The molecule has 1 heterocycles. The van der Waals surface area contributed by atoms with Gasteiger partial charge < -0.3 is 14.8 Å². The van der Waals surface area contributed by atoms with Crippen molar-refractivity contribution in [1.29, 1.82) is 0 Å². The summed E-state index contributed by atoms with van der Waals surface area (Å²) >= 11 is 0.801. The van der Waals surface area contributed by atoms with Gasteiger partial charge in [0.1, 0.15) is 13.2 Å². The molecule has 0 bridgehead atoms. The fourth-order valence-electron chi connectivity index (χ4n) is 3.23. The highest BCUT2D eigenvalue weighted by atomic mass is 32.2. The normalized spacial score (nSPS) is 14.5. The molecule has 3 rings (SSSR count). The molecule has 0 saturated carbocycles. The zero-order valence-electron chi connectivity index (χ0n) is 18.8. The Bertz CT molecular complexity index is 1130. The number of aryl methyl sites for hydroxylation is 2. The zero-order chi connectivity index (χ0) is 24.0. The van der Waals surface area contributed by atoms with E-state index < -0.39 is 17.1 Å². The third kappa shape index (κ3) is 6.04. The number of carbonyl (C=O) groups excluding carboxylic acids is 3. The fraction of sp³-hybridized carbons (Fsp3) is 0.240. The van der Waals surface area contributed by atoms with Crippen molar-refractivity contribution in [1.82, 2.24) is 4.90 Å². The van der Waals surface area contributed by atoms with E-state index in [2.05, 4.69) is 11.9 Å². The van der Waals surface area contributed by atoms with Gasteiger partial charge in [0.25, 0.3) is 11.1 Å². The Labute approximate surface area is 197 Å². The van der Waals surface area contributed by atoms with Crippen molar-refractivity contribution >= 4 is 40.6 Å². The summed E-state index contributed by atoms with van der Waals surface area (Å²) in [5.41, 5.74) is 3.31. The molecule has 0 aliphatic carbocycles. The Morgan fingerprint density at radius 1 is 1.12 bits per heavy atom. The van der Waals surface area contributed by atoms with Gasteiger partial charge in [-0.05, 0) is 67.9 Å². The van der Waals surface area contributed by atoms with Gasteiger partial charge in [0, 0.05) is 5.69 Å². The van der Waals surface area contributed by atoms with Crippen LogP contribution in [0.5, 0.6) is 11.5 Å². The molecule has 1 fully saturated rings. The van der Waals surface area contributed by atoms with E-state index in [0.717, 1.165) is 27.8 Å². The van der Waals surface area contributed by atoms with Gasteiger partial charge in [-0.1, -0.05) is 36.4 Å². The van der Waals surface area contributed by atoms with Crippen molar-refractivity contribution in [3.63, 3.8) is 0 Å². The first-order chi connectivity index (χ1) is 15.8. The van der Waals surface area contributed by atoms with Crippen molar-refractivity contribution in [2.24, 2.45) is 0 Å². The summed E-state index contributed by atoms with van der Waals surface area (Å²) in [6.07, 6.45) is 3.24. The number of amides is 3. The van der Waals surface area contributed by atoms with Gasteiger partial charge >= 0.3 is 0 Å². The number of nitrogens with zero attached hydrogens (tertiary/aromatic N) is 1. The van der Waals surface area contributed by atoms with Gasteiger partial charge in [-0.2, -0.15) is 0 Å². The highest BCUT2D eigenvalue weighted by molar-refractivity contribution is 8.18. The third-order valence-corrected chi connectivity index (χ3v) is 5.66. The van der Waals surface area contributed by atoms with Crippen LogP contribution in [0.3, 0.4) is 0 Å². The molecule has 2 aromatic carbocycles. The second-order valence-corrected chi connectivity index (χ2v) is 8.37. The lowest BCUT2D eigenvalue weighted by atomic mass is 10.1. The number of anilines is 1. The second-order valence-electron chi connectivity index (χ2n) is 7.37. The van der Waals surface area contributed by atoms with Crippen LogP contribution in [0.1, 0.15) is 23.6 Å². The average molecular weight is 467 g/mol. The van der Waals surface area contributed by atoms with Crippen LogP contribution in [-0.4, -0.2) is 41.7 Å². The summed E-state index contributed by atoms with van der Waals surface area (Å²) in [7, 11) is 0. The number of carbonyl (C=O) groups is 3. The Hall–Kier alpha value is -3.52. The first-order valence-electron chi connectivity index (χ1n) is 10.5. The zero-order valence-corrected chi connectivity index (χ0v) is 19.7. The number of imide groups is 1. The largest absolute Gasteiger partial charge is 0.490 e. The standard InChI is InChI=1S/C25H26N2O5S/c1-5-11-32-20-10-8-18(13-21(20)31-6-2)14-22-24(29)27(25(30)33-22)15-23(28)26-19-9-7-16(3)12-17(19)4/h5,7-10,12-14H,1,6,11,15H2,2-4H3,(H,26,28)/b22-14+. The lowest BCUT2D eigenvalue weighted by molar-refractivity contribution is -0.127. The number of thioether (sulfide) groups is 1.